The first-order valence-corrected chi connectivity index (χ1v) is 9.64. The van der Waals surface area contributed by atoms with Crippen LogP contribution in [0.3, 0.4) is 0 Å². The maximum atomic E-state index is 13.0. The van der Waals surface area contributed by atoms with E-state index in [0.29, 0.717) is 45.0 Å². The van der Waals surface area contributed by atoms with E-state index in [1.165, 1.54) is 12.5 Å². The SMILES string of the molecule is COCCn1nnnc1C1(N2CCOCC2)CCCN(C(=O)c2ccoc2)C1. The minimum absolute atomic E-state index is 0.0259. The van der Waals surface area contributed by atoms with Crippen LogP contribution in [0.15, 0.2) is 23.0 Å². The molecule has 0 spiro atoms. The Bertz CT molecular complexity index is 773. The molecule has 0 saturated carbocycles. The van der Waals surface area contributed by atoms with Crippen molar-refractivity contribution in [2.75, 3.05) is 53.1 Å². The van der Waals surface area contributed by atoms with Crippen LogP contribution >= 0.6 is 0 Å². The molecule has 0 N–H and O–H groups in total. The van der Waals surface area contributed by atoms with Gasteiger partial charge in [-0.25, -0.2) is 4.68 Å². The van der Waals surface area contributed by atoms with E-state index in [0.717, 1.165) is 31.8 Å². The first-order valence-electron chi connectivity index (χ1n) is 9.64. The van der Waals surface area contributed by atoms with Gasteiger partial charge in [-0.1, -0.05) is 0 Å². The van der Waals surface area contributed by atoms with Crippen LogP contribution < -0.4 is 0 Å². The minimum atomic E-state index is -0.446. The molecule has 0 radical (unpaired) electrons. The number of tetrazole rings is 1. The Kier molecular flexibility index (Phi) is 5.69. The van der Waals surface area contributed by atoms with Gasteiger partial charge >= 0.3 is 0 Å². The summed E-state index contributed by atoms with van der Waals surface area (Å²) >= 11 is 0. The van der Waals surface area contributed by atoms with Gasteiger partial charge in [0.1, 0.15) is 11.8 Å². The van der Waals surface area contributed by atoms with E-state index in [-0.39, 0.29) is 5.91 Å². The molecule has 4 heterocycles. The lowest BCUT2D eigenvalue weighted by atomic mass is 9.85. The third-order valence-corrected chi connectivity index (χ3v) is 5.60. The number of likely N-dealkylation sites (tertiary alicyclic amines) is 1. The third kappa shape index (κ3) is 3.54. The summed E-state index contributed by atoms with van der Waals surface area (Å²) < 4.78 is 17.7. The predicted octanol–water partition coefficient (Wildman–Crippen LogP) is 0.376. The van der Waals surface area contributed by atoms with Crippen LogP contribution in [0.4, 0.5) is 0 Å². The normalized spacial score (nSPS) is 23.8. The van der Waals surface area contributed by atoms with Crippen LogP contribution in [-0.2, 0) is 21.6 Å². The zero-order valence-corrected chi connectivity index (χ0v) is 16.1. The maximum absolute atomic E-state index is 13.0. The molecule has 0 bridgehead atoms. The van der Waals surface area contributed by atoms with E-state index in [2.05, 4.69) is 20.4 Å². The van der Waals surface area contributed by atoms with Crippen LogP contribution in [-0.4, -0.2) is 89.0 Å². The van der Waals surface area contributed by atoms with Gasteiger partial charge in [0.2, 0.25) is 0 Å². The predicted molar refractivity (Wildman–Crippen MR) is 97.6 cm³/mol. The minimum Gasteiger partial charge on any atom is -0.472 e. The average Bonchev–Trinajstić information content (AvgIpc) is 3.44. The van der Waals surface area contributed by atoms with Crippen molar-refractivity contribution in [3.63, 3.8) is 0 Å². The van der Waals surface area contributed by atoms with Crippen molar-refractivity contribution in [2.45, 2.75) is 24.9 Å². The molecular weight excluding hydrogens is 364 g/mol. The number of carbonyl (C=O) groups excluding carboxylic acids is 1. The monoisotopic (exact) mass is 390 g/mol. The van der Waals surface area contributed by atoms with Gasteiger partial charge in [0.05, 0.1) is 38.2 Å². The molecule has 4 rings (SSSR count). The second kappa shape index (κ2) is 8.38. The van der Waals surface area contributed by atoms with E-state index >= 15 is 0 Å². The number of methoxy groups -OCH3 is 1. The van der Waals surface area contributed by atoms with E-state index in [4.69, 9.17) is 13.9 Å². The molecule has 0 aromatic carbocycles. The fourth-order valence-electron chi connectivity index (χ4n) is 4.22. The quantitative estimate of drug-likeness (QED) is 0.698. The fraction of sp³-hybridized carbons (Fsp3) is 0.667. The molecule has 1 amide bonds. The van der Waals surface area contributed by atoms with Crippen LogP contribution in [0.2, 0.25) is 0 Å². The maximum Gasteiger partial charge on any atom is 0.257 e. The first kappa shape index (κ1) is 19.0. The van der Waals surface area contributed by atoms with Gasteiger partial charge in [0, 0.05) is 33.3 Å². The summed E-state index contributed by atoms with van der Waals surface area (Å²) in [5, 5.41) is 12.5. The van der Waals surface area contributed by atoms with Gasteiger partial charge in [-0.05, 0) is 29.3 Å². The lowest BCUT2D eigenvalue weighted by molar-refractivity contribution is -0.0573. The first-order chi connectivity index (χ1) is 13.7. The van der Waals surface area contributed by atoms with E-state index in [1.807, 2.05) is 9.58 Å². The molecule has 10 heteroatoms. The third-order valence-electron chi connectivity index (χ3n) is 5.60. The molecule has 2 aliphatic heterocycles. The van der Waals surface area contributed by atoms with E-state index < -0.39 is 5.54 Å². The highest BCUT2D eigenvalue weighted by atomic mass is 16.5. The summed E-state index contributed by atoms with van der Waals surface area (Å²) in [5.41, 5.74) is 0.121. The zero-order chi connectivity index (χ0) is 19.4. The highest BCUT2D eigenvalue weighted by molar-refractivity contribution is 5.94. The molecule has 2 saturated heterocycles. The Morgan fingerprint density at radius 2 is 2.18 bits per heavy atom. The Labute approximate surface area is 163 Å². The van der Waals surface area contributed by atoms with Gasteiger partial charge < -0.3 is 18.8 Å². The van der Waals surface area contributed by atoms with Crippen LogP contribution in [0.1, 0.15) is 29.0 Å². The Morgan fingerprint density at radius 1 is 1.32 bits per heavy atom. The standard InChI is InChI=1S/C18H26N6O4/c1-26-10-8-24-17(19-20-21-24)18(23-6-11-27-12-7-23)4-2-5-22(14-18)16(25)15-3-9-28-13-15/h3,9,13H,2,4-8,10-12,14H2,1H3. The molecule has 2 fully saturated rings. The van der Waals surface area contributed by atoms with Crippen molar-refractivity contribution in [1.82, 2.24) is 30.0 Å². The number of morpholine rings is 1. The van der Waals surface area contributed by atoms with E-state index in [9.17, 15) is 4.79 Å². The number of hydrogen-bond acceptors (Lipinski definition) is 8. The molecule has 2 aliphatic rings. The zero-order valence-electron chi connectivity index (χ0n) is 16.1. The molecule has 1 atom stereocenters. The molecule has 2 aromatic rings. The average molecular weight is 390 g/mol. The largest absolute Gasteiger partial charge is 0.472 e. The number of furan rings is 1. The summed E-state index contributed by atoms with van der Waals surface area (Å²) in [5.74, 6) is 0.762. The fourth-order valence-corrected chi connectivity index (χ4v) is 4.22. The summed E-state index contributed by atoms with van der Waals surface area (Å²) in [6.07, 6.45) is 4.78. The highest BCUT2D eigenvalue weighted by Crippen LogP contribution is 2.37. The van der Waals surface area contributed by atoms with Crippen molar-refractivity contribution in [2.24, 2.45) is 0 Å². The lowest BCUT2D eigenvalue weighted by Crippen LogP contribution is -2.61. The molecular formula is C18H26N6O4. The summed E-state index contributed by atoms with van der Waals surface area (Å²) in [6.45, 7) is 5.22. The Morgan fingerprint density at radius 3 is 2.93 bits per heavy atom. The number of ether oxygens (including phenoxy) is 2. The van der Waals surface area contributed by atoms with Gasteiger partial charge in [-0.15, -0.1) is 5.10 Å². The van der Waals surface area contributed by atoms with Gasteiger partial charge in [0.15, 0.2) is 5.82 Å². The number of carbonyl (C=O) groups is 1. The highest BCUT2D eigenvalue weighted by Gasteiger charge is 2.47. The number of nitrogens with zero attached hydrogens (tertiary/aromatic N) is 6. The Hall–Kier alpha value is -2.30. The molecule has 28 heavy (non-hydrogen) atoms. The number of piperidine rings is 1. The summed E-state index contributed by atoms with van der Waals surface area (Å²) in [7, 11) is 1.66. The number of aromatic nitrogens is 4. The molecule has 10 nitrogen and oxygen atoms in total. The molecule has 0 aliphatic carbocycles. The molecule has 1 unspecified atom stereocenters. The summed E-state index contributed by atoms with van der Waals surface area (Å²) in [6, 6.07) is 1.70. The van der Waals surface area contributed by atoms with E-state index in [1.54, 1.807) is 13.2 Å². The molecule has 152 valence electrons. The second-order valence-electron chi connectivity index (χ2n) is 7.19. The van der Waals surface area contributed by atoms with Crippen LogP contribution in [0.5, 0.6) is 0 Å². The topological polar surface area (TPSA) is 98.7 Å². The smallest absolute Gasteiger partial charge is 0.257 e. The number of hydrogen-bond donors (Lipinski definition) is 0. The van der Waals surface area contributed by atoms with Crippen molar-refractivity contribution in [3.8, 4) is 0 Å². The van der Waals surface area contributed by atoms with Crippen molar-refractivity contribution in [3.05, 3.63) is 30.0 Å². The summed E-state index contributed by atoms with van der Waals surface area (Å²) in [4.78, 5) is 17.3. The van der Waals surface area contributed by atoms with Crippen molar-refractivity contribution in [1.29, 1.82) is 0 Å². The second-order valence-corrected chi connectivity index (χ2v) is 7.19. The van der Waals surface area contributed by atoms with Gasteiger partial charge in [0.25, 0.3) is 5.91 Å². The van der Waals surface area contributed by atoms with Gasteiger partial charge in [-0.3, -0.25) is 9.69 Å². The van der Waals surface area contributed by atoms with Crippen molar-refractivity contribution < 1.29 is 18.7 Å². The lowest BCUT2D eigenvalue weighted by Gasteiger charge is -2.49. The number of rotatable bonds is 6. The van der Waals surface area contributed by atoms with Crippen LogP contribution in [0, 0.1) is 0 Å². The molecule has 2 aromatic heterocycles. The van der Waals surface area contributed by atoms with Gasteiger partial charge in [-0.2, -0.15) is 0 Å². The van der Waals surface area contributed by atoms with Crippen LogP contribution in [0.25, 0.3) is 0 Å². The van der Waals surface area contributed by atoms with Crippen molar-refractivity contribution >= 4 is 5.91 Å². The Balaban J connectivity index is 1.67. The number of amides is 1.